The molecule has 0 aliphatic carbocycles. The molecule has 0 aromatic carbocycles. The molecule has 0 saturated heterocycles. The highest BCUT2D eigenvalue weighted by Crippen LogP contribution is 2.12. The topological polar surface area (TPSA) is 313 Å². The number of nitrogens with zero attached hydrogens (tertiary/aromatic N) is 5. The summed E-state index contributed by atoms with van der Waals surface area (Å²) in [7, 11) is 0. The predicted octanol–water partition coefficient (Wildman–Crippen LogP) is -1.04. The van der Waals surface area contributed by atoms with E-state index in [1.54, 1.807) is 0 Å². The summed E-state index contributed by atoms with van der Waals surface area (Å²) in [5, 5.41) is 52.8. The Hall–Kier alpha value is -5.86. The first-order chi connectivity index (χ1) is 23.7. The van der Waals surface area contributed by atoms with Crippen molar-refractivity contribution in [3.63, 3.8) is 0 Å². The minimum Gasteiger partial charge on any atom is -0.481 e. The number of nitrogens with one attached hydrogen (secondary N) is 3. The fraction of sp³-hybridized carbons (Fsp3) is 0.517. The molecule has 0 radical (unpaired) electrons. The monoisotopic (exact) mass is 708 g/mol. The van der Waals surface area contributed by atoms with Crippen molar-refractivity contribution in [3.8, 4) is 0 Å². The fourth-order valence-corrected chi connectivity index (χ4v) is 4.74. The largest absolute Gasteiger partial charge is 0.481 e. The maximum Gasteiger partial charge on any atom is 0.326 e. The number of hydrogen-bond donors (Lipinski definition) is 8. The van der Waals surface area contributed by atoms with Crippen LogP contribution in [0.4, 0.5) is 4.79 Å². The van der Waals surface area contributed by atoms with E-state index in [9.17, 15) is 58.8 Å². The van der Waals surface area contributed by atoms with Crippen LogP contribution in [0, 0.1) is 0 Å². The van der Waals surface area contributed by atoms with Gasteiger partial charge in [0.25, 0.3) is 0 Å². The normalized spacial score (nSPS) is 12.7. The van der Waals surface area contributed by atoms with Gasteiger partial charge in [-0.05, 0) is 38.6 Å². The number of carboxylic acid groups (broad SMARTS) is 5. The van der Waals surface area contributed by atoms with Crippen LogP contribution in [0.2, 0.25) is 0 Å². The Balaban J connectivity index is 1.96. The van der Waals surface area contributed by atoms with E-state index in [-0.39, 0.29) is 39.0 Å². The number of unbranched alkanes of at least 4 members (excludes halogenated alkanes) is 1. The van der Waals surface area contributed by atoms with E-state index in [1.807, 2.05) is 4.90 Å². The molecule has 2 aromatic heterocycles. The highest BCUT2D eigenvalue weighted by atomic mass is 16.4. The predicted molar refractivity (Wildman–Crippen MR) is 166 cm³/mol. The van der Waals surface area contributed by atoms with Gasteiger partial charge in [0.05, 0.1) is 19.1 Å². The van der Waals surface area contributed by atoms with Crippen LogP contribution in [0.5, 0.6) is 0 Å². The van der Waals surface area contributed by atoms with Crippen molar-refractivity contribution in [3.05, 3.63) is 36.4 Å². The molecule has 0 saturated carbocycles. The van der Waals surface area contributed by atoms with Crippen LogP contribution >= 0.6 is 0 Å². The molecule has 0 aliphatic rings. The van der Waals surface area contributed by atoms with Gasteiger partial charge in [0.15, 0.2) is 0 Å². The Bertz CT molecular complexity index is 1450. The molecular weight excluding hydrogens is 668 g/mol. The van der Waals surface area contributed by atoms with E-state index in [0.717, 1.165) is 0 Å². The number of urea groups is 1. The average Bonchev–Trinajstić information content (AvgIpc) is 3.65. The van der Waals surface area contributed by atoms with Gasteiger partial charge in [-0.2, -0.15) is 0 Å². The zero-order valence-electron chi connectivity index (χ0n) is 26.8. The third-order valence-electron chi connectivity index (χ3n) is 7.21. The van der Waals surface area contributed by atoms with E-state index < -0.39 is 79.2 Å². The Morgan fingerprint density at radius 1 is 0.700 bits per heavy atom. The summed E-state index contributed by atoms with van der Waals surface area (Å²) in [4.78, 5) is 103. The lowest BCUT2D eigenvalue weighted by Gasteiger charge is -2.23. The third kappa shape index (κ3) is 14.9. The minimum absolute atomic E-state index is 0.0113. The van der Waals surface area contributed by atoms with Crippen LogP contribution in [0.25, 0.3) is 0 Å². The zero-order chi connectivity index (χ0) is 37.2. The number of aliphatic carboxylic acids is 5. The van der Waals surface area contributed by atoms with Crippen molar-refractivity contribution in [2.45, 2.75) is 89.3 Å². The zero-order valence-corrected chi connectivity index (χ0v) is 26.8. The Morgan fingerprint density at radius 2 is 1.24 bits per heavy atom. The molecule has 0 fully saturated rings. The summed E-state index contributed by atoms with van der Waals surface area (Å²) in [6.07, 6.45) is 5.33. The number of carbonyl (C=O) groups excluding carboxylic acids is 3. The van der Waals surface area contributed by atoms with Crippen LogP contribution in [0.15, 0.2) is 24.8 Å². The fourth-order valence-electron chi connectivity index (χ4n) is 4.74. The molecule has 0 aliphatic heterocycles. The molecule has 2 heterocycles. The molecule has 50 heavy (non-hydrogen) atoms. The second-order valence-corrected chi connectivity index (χ2v) is 11.1. The van der Waals surface area contributed by atoms with Crippen molar-refractivity contribution < 1.29 is 63.9 Å². The molecule has 2 rings (SSSR count). The second-order valence-electron chi connectivity index (χ2n) is 11.1. The summed E-state index contributed by atoms with van der Waals surface area (Å²) < 4.78 is 2.88. The molecule has 274 valence electrons. The van der Waals surface area contributed by atoms with Gasteiger partial charge in [-0.3, -0.25) is 24.1 Å². The second kappa shape index (κ2) is 20.5. The van der Waals surface area contributed by atoms with Gasteiger partial charge in [0, 0.05) is 37.6 Å². The Labute approximate surface area is 284 Å². The number of hydrogen-bond acceptors (Lipinski definition) is 11. The minimum atomic E-state index is -1.58. The van der Waals surface area contributed by atoms with E-state index in [2.05, 4.69) is 25.9 Å². The lowest BCUT2D eigenvalue weighted by molar-refractivity contribution is -0.142. The maximum atomic E-state index is 12.5. The molecular formula is C29H40N8O13. The standard InChI is InChI=1S/C29H40N8O13/c38-17-18(4-7-24(40)41)32-29(50)34-20(28(48)49)5-6-23(39)33-19(27(46)47)3-1-2-10-35(13-21-30-8-11-36(21)15-25(42)43)14-22-31-9-12-37(22)16-26(44)45/h8-9,11-12,17-20H,1-7,10,13-16H2,(H,33,39)(H,40,41)(H,42,43)(H,44,45)(H,46,47)(H,48,49)(H2,32,34,50)/t18-,19-,20-/m0/s1. The van der Waals surface area contributed by atoms with Crippen LogP contribution in [-0.4, -0.2) is 122 Å². The van der Waals surface area contributed by atoms with E-state index in [1.165, 1.54) is 33.9 Å². The van der Waals surface area contributed by atoms with Crippen molar-refractivity contribution in [1.82, 2.24) is 40.0 Å². The lowest BCUT2D eigenvalue weighted by atomic mass is 10.1. The molecule has 0 bridgehead atoms. The molecule has 3 atom stereocenters. The van der Waals surface area contributed by atoms with Gasteiger partial charge in [-0.1, -0.05) is 0 Å². The first-order valence-corrected chi connectivity index (χ1v) is 15.3. The van der Waals surface area contributed by atoms with Crippen LogP contribution < -0.4 is 16.0 Å². The number of carboxylic acids is 5. The summed E-state index contributed by atoms with van der Waals surface area (Å²) in [6.45, 7) is -0.0110. The van der Waals surface area contributed by atoms with E-state index in [0.29, 0.717) is 37.3 Å². The van der Waals surface area contributed by atoms with Gasteiger partial charge >= 0.3 is 35.9 Å². The smallest absolute Gasteiger partial charge is 0.326 e. The number of imidazole rings is 2. The number of carbonyl (C=O) groups is 8. The number of aldehydes is 1. The van der Waals surface area contributed by atoms with E-state index >= 15 is 0 Å². The summed E-state index contributed by atoms with van der Waals surface area (Å²) in [5.74, 6) is -6.14. The molecule has 0 spiro atoms. The highest BCUT2D eigenvalue weighted by Gasteiger charge is 2.25. The van der Waals surface area contributed by atoms with Gasteiger partial charge < -0.3 is 55.4 Å². The summed E-state index contributed by atoms with van der Waals surface area (Å²) in [6, 6.07) is -5.18. The van der Waals surface area contributed by atoms with Gasteiger partial charge in [0.2, 0.25) is 5.91 Å². The van der Waals surface area contributed by atoms with Gasteiger partial charge in [-0.25, -0.2) is 24.4 Å². The quantitative estimate of drug-likeness (QED) is 0.0451. The SMILES string of the molecule is O=C[C@H](CCC(=O)O)NC(=O)N[C@@H](CCC(=O)N[C@@H](CCCCN(Cc1nccn1CC(=O)O)Cc1nccn1CC(=O)O)C(=O)O)C(=O)O. The van der Waals surface area contributed by atoms with Crippen LogP contribution in [0.1, 0.15) is 56.6 Å². The molecule has 0 unspecified atom stereocenters. The molecule has 2 aromatic rings. The number of rotatable bonds is 25. The van der Waals surface area contributed by atoms with Crippen LogP contribution in [-0.2, 0) is 59.7 Å². The Kier molecular flexibility index (Phi) is 16.5. The molecule has 3 amide bonds. The maximum absolute atomic E-state index is 12.5. The number of amides is 3. The third-order valence-corrected chi connectivity index (χ3v) is 7.21. The van der Waals surface area contributed by atoms with Crippen molar-refractivity contribution in [2.75, 3.05) is 6.54 Å². The molecule has 21 nitrogen and oxygen atoms in total. The molecule has 21 heteroatoms. The first kappa shape index (κ1) is 40.3. The summed E-state index contributed by atoms with van der Waals surface area (Å²) >= 11 is 0. The number of aromatic nitrogens is 4. The van der Waals surface area contributed by atoms with Crippen LogP contribution in [0.3, 0.4) is 0 Å². The van der Waals surface area contributed by atoms with Crippen molar-refractivity contribution >= 4 is 48.1 Å². The average molecular weight is 709 g/mol. The van der Waals surface area contributed by atoms with Gasteiger partial charge in [-0.15, -0.1) is 0 Å². The first-order valence-electron chi connectivity index (χ1n) is 15.3. The van der Waals surface area contributed by atoms with Crippen molar-refractivity contribution in [1.29, 1.82) is 0 Å². The van der Waals surface area contributed by atoms with Gasteiger partial charge in [0.1, 0.15) is 43.1 Å². The van der Waals surface area contributed by atoms with E-state index in [4.69, 9.17) is 5.11 Å². The molecule has 8 N–H and O–H groups in total. The highest BCUT2D eigenvalue weighted by molar-refractivity contribution is 5.86. The van der Waals surface area contributed by atoms with Crippen molar-refractivity contribution in [2.24, 2.45) is 0 Å². The lowest BCUT2D eigenvalue weighted by Crippen LogP contribution is -2.50. The Morgan fingerprint density at radius 3 is 1.72 bits per heavy atom. The summed E-state index contributed by atoms with van der Waals surface area (Å²) in [5.41, 5.74) is 0.